The Balaban J connectivity index is 1.97. The summed E-state index contributed by atoms with van der Waals surface area (Å²) < 4.78 is 0. The summed E-state index contributed by atoms with van der Waals surface area (Å²) in [5.41, 5.74) is 6.17. The molecule has 0 radical (unpaired) electrons. The monoisotopic (exact) mass is 282 g/mol. The number of carbonyl (C=O) groups excluding carboxylic acids is 1. The van der Waals surface area contributed by atoms with Crippen molar-refractivity contribution in [3.8, 4) is 0 Å². The van der Waals surface area contributed by atoms with Gasteiger partial charge >= 0.3 is 0 Å². The first-order chi connectivity index (χ1) is 9.95. The summed E-state index contributed by atoms with van der Waals surface area (Å²) in [6, 6.07) is 10.3. The van der Waals surface area contributed by atoms with Crippen LogP contribution in [0.5, 0.6) is 0 Å². The van der Waals surface area contributed by atoms with Gasteiger partial charge in [0.2, 0.25) is 5.91 Å². The van der Waals surface area contributed by atoms with E-state index in [0.717, 1.165) is 29.1 Å². The molecule has 1 aromatic carbocycles. The number of anilines is 1. The summed E-state index contributed by atoms with van der Waals surface area (Å²) in [6.45, 7) is 7.95. The molecule has 0 spiro atoms. The summed E-state index contributed by atoms with van der Waals surface area (Å²) in [6.07, 6.45) is 1.24. The van der Waals surface area contributed by atoms with Gasteiger partial charge in [0, 0.05) is 12.1 Å². The summed E-state index contributed by atoms with van der Waals surface area (Å²) in [4.78, 5) is 16.5. The normalized spacial score (nSPS) is 10.5. The third-order valence-electron chi connectivity index (χ3n) is 3.55. The smallest absolute Gasteiger partial charge is 0.224 e. The zero-order chi connectivity index (χ0) is 15.4. The Morgan fingerprint density at radius 1 is 1.10 bits per heavy atom. The SMILES string of the molecule is Cc1ccc(CCC(=O)Nc2c(C)cc(C)nc2C)cc1. The molecule has 2 rings (SSSR count). The fourth-order valence-electron chi connectivity index (χ4n) is 2.43. The average Bonchev–Trinajstić information content (AvgIpc) is 2.42. The van der Waals surface area contributed by atoms with Crippen LogP contribution in [0.3, 0.4) is 0 Å². The Morgan fingerprint density at radius 3 is 2.38 bits per heavy atom. The molecular weight excluding hydrogens is 260 g/mol. The molecule has 21 heavy (non-hydrogen) atoms. The van der Waals surface area contributed by atoms with E-state index in [0.29, 0.717) is 6.42 Å². The second kappa shape index (κ2) is 6.53. The Labute approximate surface area is 126 Å². The topological polar surface area (TPSA) is 42.0 Å². The molecule has 0 atom stereocenters. The number of benzene rings is 1. The number of rotatable bonds is 4. The molecule has 1 amide bonds. The molecule has 0 saturated carbocycles. The Bertz CT molecular complexity index is 622. The summed E-state index contributed by atoms with van der Waals surface area (Å²) >= 11 is 0. The number of nitrogens with zero attached hydrogens (tertiary/aromatic N) is 1. The van der Waals surface area contributed by atoms with E-state index in [1.165, 1.54) is 11.1 Å². The highest BCUT2D eigenvalue weighted by molar-refractivity contribution is 5.92. The highest BCUT2D eigenvalue weighted by Gasteiger charge is 2.09. The molecule has 110 valence electrons. The van der Waals surface area contributed by atoms with Gasteiger partial charge in [-0.3, -0.25) is 9.78 Å². The highest BCUT2D eigenvalue weighted by atomic mass is 16.1. The lowest BCUT2D eigenvalue weighted by Gasteiger charge is -2.12. The first-order valence-electron chi connectivity index (χ1n) is 7.26. The number of pyridine rings is 1. The van der Waals surface area contributed by atoms with Gasteiger partial charge in [-0.05, 0) is 51.3 Å². The van der Waals surface area contributed by atoms with Crippen molar-refractivity contribution in [2.45, 2.75) is 40.5 Å². The molecule has 3 heteroatoms. The summed E-state index contributed by atoms with van der Waals surface area (Å²) in [5, 5.41) is 2.99. The van der Waals surface area contributed by atoms with Gasteiger partial charge in [-0.1, -0.05) is 29.8 Å². The van der Waals surface area contributed by atoms with E-state index in [9.17, 15) is 4.79 Å². The maximum absolute atomic E-state index is 12.1. The van der Waals surface area contributed by atoms with Crippen LogP contribution in [0.1, 0.15) is 34.5 Å². The van der Waals surface area contributed by atoms with Crippen LogP contribution in [0.4, 0.5) is 5.69 Å². The minimum absolute atomic E-state index is 0.0347. The molecule has 1 heterocycles. The predicted molar refractivity (Wildman–Crippen MR) is 86.6 cm³/mol. The van der Waals surface area contributed by atoms with Crippen molar-refractivity contribution in [2.24, 2.45) is 0 Å². The van der Waals surface area contributed by atoms with E-state index in [1.54, 1.807) is 0 Å². The molecule has 3 nitrogen and oxygen atoms in total. The Hall–Kier alpha value is -2.16. The maximum atomic E-state index is 12.1. The zero-order valence-electron chi connectivity index (χ0n) is 13.2. The van der Waals surface area contributed by atoms with Gasteiger partial charge in [0.05, 0.1) is 11.4 Å². The lowest BCUT2D eigenvalue weighted by molar-refractivity contribution is -0.116. The average molecular weight is 282 g/mol. The van der Waals surface area contributed by atoms with Gasteiger partial charge in [0.1, 0.15) is 0 Å². The van der Waals surface area contributed by atoms with E-state index < -0.39 is 0 Å². The maximum Gasteiger partial charge on any atom is 0.224 e. The van der Waals surface area contributed by atoms with Crippen molar-refractivity contribution < 1.29 is 4.79 Å². The van der Waals surface area contributed by atoms with Crippen molar-refractivity contribution in [3.63, 3.8) is 0 Å². The predicted octanol–water partition coefficient (Wildman–Crippen LogP) is 3.89. The van der Waals surface area contributed by atoms with Crippen LogP contribution in [0.2, 0.25) is 0 Å². The second-order valence-electron chi connectivity index (χ2n) is 5.57. The first-order valence-corrected chi connectivity index (χ1v) is 7.26. The van der Waals surface area contributed by atoms with E-state index in [1.807, 2.05) is 26.8 Å². The molecule has 0 aliphatic carbocycles. The van der Waals surface area contributed by atoms with Crippen molar-refractivity contribution >= 4 is 11.6 Å². The van der Waals surface area contributed by atoms with Crippen LogP contribution >= 0.6 is 0 Å². The molecule has 1 N–H and O–H groups in total. The van der Waals surface area contributed by atoms with Gasteiger partial charge in [-0.2, -0.15) is 0 Å². The minimum Gasteiger partial charge on any atom is -0.324 e. The lowest BCUT2D eigenvalue weighted by atomic mass is 10.1. The van der Waals surface area contributed by atoms with Crippen LogP contribution in [-0.4, -0.2) is 10.9 Å². The van der Waals surface area contributed by atoms with Gasteiger partial charge in [-0.25, -0.2) is 0 Å². The minimum atomic E-state index is 0.0347. The van der Waals surface area contributed by atoms with Crippen molar-refractivity contribution in [1.82, 2.24) is 4.98 Å². The largest absolute Gasteiger partial charge is 0.324 e. The third-order valence-corrected chi connectivity index (χ3v) is 3.55. The van der Waals surface area contributed by atoms with Gasteiger partial charge in [0.25, 0.3) is 0 Å². The summed E-state index contributed by atoms with van der Waals surface area (Å²) in [5.74, 6) is 0.0347. The van der Waals surface area contributed by atoms with E-state index in [2.05, 4.69) is 41.5 Å². The molecule has 0 saturated heterocycles. The molecular formula is C18H22N2O. The fraction of sp³-hybridized carbons (Fsp3) is 0.333. The van der Waals surface area contributed by atoms with E-state index in [4.69, 9.17) is 0 Å². The van der Waals surface area contributed by atoms with Crippen LogP contribution in [-0.2, 0) is 11.2 Å². The standard InChI is InChI=1S/C18H22N2O/c1-12-5-7-16(8-6-12)9-10-17(21)20-18-13(2)11-14(3)19-15(18)4/h5-8,11H,9-10H2,1-4H3,(H,20,21). The molecule has 1 aromatic heterocycles. The molecule has 0 fully saturated rings. The van der Waals surface area contributed by atoms with Crippen LogP contribution in [0, 0.1) is 27.7 Å². The van der Waals surface area contributed by atoms with Gasteiger partial charge in [0.15, 0.2) is 0 Å². The van der Waals surface area contributed by atoms with Crippen LogP contribution in [0.15, 0.2) is 30.3 Å². The number of hydrogen-bond acceptors (Lipinski definition) is 2. The Morgan fingerprint density at radius 2 is 1.76 bits per heavy atom. The van der Waals surface area contributed by atoms with E-state index in [-0.39, 0.29) is 5.91 Å². The van der Waals surface area contributed by atoms with Crippen molar-refractivity contribution in [3.05, 3.63) is 58.4 Å². The molecule has 2 aromatic rings. The highest BCUT2D eigenvalue weighted by Crippen LogP contribution is 2.19. The number of aromatic nitrogens is 1. The molecule has 0 aliphatic heterocycles. The van der Waals surface area contributed by atoms with Crippen molar-refractivity contribution in [1.29, 1.82) is 0 Å². The fourth-order valence-corrected chi connectivity index (χ4v) is 2.43. The molecule has 0 bridgehead atoms. The zero-order valence-corrected chi connectivity index (χ0v) is 13.2. The number of amides is 1. The Kier molecular flexibility index (Phi) is 4.73. The van der Waals surface area contributed by atoms with Crippen LogP contribution in [0.25, 0.3) is 0 Å². The summed E-state index contributed by atoms with van der Waals surface area (Å²) in [7, 11) is 0. The quantitative estimate of drug-likeness (QED) is 0.924. The lowest BCUT2D eigenvalue weighted by Crippen LogP contribution is -2.15. The van der Waals surface area contributed by atoms with E-state index >= 15 is 0 Å². The number of carbonyl (C=O) groups is 1. The molecule has 0 unspecified atom stereocenters. The van der Waals surface area contributed by atoms with Crippen molar-refractivity contribution in [2.75, 3.05) is 5.32 Å². The second-order valence-corrected chi connectivity index (χ2v) is 5.57. The third kappa shape index (κ3) is 4.15. The van der Waals surface area contributed by atoms with Gasteiger partial charge < -0.3 is 5.32 Å². The molecule has 0 aliphatic rings. The van der Waals surface area contributed by atoms with Gasteiger partial charge in [-0.15, -0.1) is 0 Å². The number of aryl methyl sites for hydroxylation is 5. The van der Waals surface area contributed by atoms with Crippen LogP contribution < -0.4 is 5.32 Å². The number of nitrogens with one attached hydrogen (secondary N) is 1. The number of hydrogen-bond donors (Lipinski definition) is 1. The first kappa shape index (κ1) is 15.2.